The summed E-state index contributed by atoms with van der Waals surface area (Å²) in [6.07, 6.45) is 2.56. The zero-order valence-electron chi connectivity index (χ0n) is 17.2. The van der Waals surface area contributed by atoms with Crippen LogP contribution in [0.3, 0.4) is 0 Å². The van der Waals surface area contributed by atoms with Crippen LogP contribution in [0, 0.1) is 24.0 Å². The molecule has 3 aromatic rings. The molecule has 0 unspecified atom stereocenters. The molecule has 11 nitrogen and oxygen atoms in total. The van der Waals surface area contributed by atoms with Gasteiger partial charge in [-0.05, 0) is 51.1 Å². The summed E-state index contributed by atoms with van der Waals surface area (Å²) in [5.74, 6) is -0.571. The van der Waals surface area contributed by atoms with Crippen LogP contribution in [-0.2, 0) is 4.74 Å². The van der Waals surface area contributed by atoms with E-state index in [1.807, 2.05) is 36.6 Å². The standard InChI is InChI=1S/C20H21N7O4/c1-4-31-19(28)14-5-7-16(8-6-14)26-12(2)9-15(13(26)3)10-23-25-18-17(27(29)30)11-22-20(21)24-18/h5-11H,4H2,1-3H3,(H3,21,22,24,25)/b23-10-. The average molecular weight is 423 g/mol. The normalized spacial score (nSPS) is 10.9. The quantitative estimate of drug-likeness (QED) is 0.255. The second-order valence-electron chi connectivity index (χ2n) is 6.52. The molecular weight excluding hydrogens is 402 g/mol. The van der Waals surface area contributed by atoms with Gasteiger partial charge >= 0.3 is 11.7 Å². The average Bonchev–Trinajstić information content (AvgIpc) is 3.01. The lowest BCUT2D eigenvalue weighted by Gasteiger charge is -2.10. The molecule has 0 fully saturated rings. The molecule has 0 aliphatic carbocycles. The highest BCUT2D eigenvalue weighted by molar-refractivity contribution is 5.89. The van der Waals surface area contributed by atoms with E-state index < -0.39 is 4.92 Å². The van der Waals surface area contributed by atoms with Crippen LogP contribution < -0.4 is 11.2 Å². The van der Waals surface area contributed by atoms with Gasteiger partial charge in [-0.2, -0.15) is 10.1 Å². The Morgan fingerprint density at radius 3 is 2.71 bits per heavy atom. The Hall–Kier alpha value is -4.28. The highest BCUT2D eigenvalue weighted by Gasteiger charge is 2.16. The van der Waals surface area contributed by atoms with E-state index >= 15 is 0 Å². The van der Waals surface area contributed by atoms with Crippen LogP contribution in [0.2, 0.25) is 0 Å². The molecule has 3 rings (SSSR count). The van der Waals surface area contributed by atoms with Crippen molar-refractivity contribution >= 4 is 29.6 Å². The number of ether oxygens (including phenoxy) is 1. The summed E-state index contributed by atoms with van der Waals surface area (Å²) in [4.78, 5) is 29.7. The first-order valence-electron chi connectivity index (χ1n) is 9.34. The molecule has 0 spiro atoms. The number of benzene rings is 1. The van der Waals surface area contributed by atoms with Crippen molar-refractivity contribution in [1.82, 2.24) is 14.5 Å². The van der Waals surface area contributed by atoms with E-state index in [9.17, 15) is 14.9 Å². The lowest BCUT2D eigenvalue weighted by molar-refractivity contribution is -0.384. The smallest absolute Gasteiger partial charge is 0.338 e. The molecule has 0 aliphatic rings. The molecule has 31 heavy (non-hydrogen) atoms. The molecule has 0 saturated carbocycles. The molecule has 0 radical (unpaired) electrons. The maximum absolute atomic E-state index is 11.8. The minimum Gasteiger partial charge on any atom is -0.462 e. The fourth-order valence-corrected chi connectivity index (χ4v) is 3.04. The number of hydrogen-bond donors (Lipinski definition) is 2. The number of nitro groups is 1. The highest BCUT2D eigenvalue weighted by Crippen LogP contribution is 2.22. The van der Waals surface area contributed by atoms with Gasteiger partial charge in [0, 0.05) is 22.6 Å². The van der Waals surface area contributed by atoms with Gasteiger partial charge in [-0.3, -0.25) is 15.5 Å². The van der Waals surface area contributed by atoms with E-state index in [-0.39, 0.29) is 23.4 Å². The van der Waals surface area contributed by atoms with Crippen LogP contribution in [0.4, 0.5) is 17.5 Å². The summed E-state index contributed by atoms with van der Waals surface area (Å²) in [5.41, 5.74) is 11.7. The summed E-state index contributed by atoms with van der Waals surface area (Å²) in [6, 6.07) is 9.00. The van der Waals surface area contributed by atoms with E-state index in [4.69, 9.17) is 10.5 Å². The molecule has 11 heteroatoms. The second kappa shape index (κ2) is 9.03. The summed E-state index contributed by atoms with van der Waals surface area (Å²) in [6.45, 7) is 5.93. The third kappa shape index (κ3) is 4.66. The first-order chi connectivity index (χ1) is 14.8. The SMILES string of the molecule is CCOC(=O)c1ccc(-n2c(C)cc(/C=N\Nc3nc(N)ncc3[N+](=O)[O-])c2C)cc1. The summed E-state index contributed by atoms with van der Waals surface area (Å²) >= 11 is 0. The van der Waals surface area contributed by atoms with Crippen molar-refractivity contribution in [2.75, 3.05) is 17.8 Å². The van der Waals surface area contributed by atoms with Gasteiger partial charge in [0.2, 0.25) is 11.8 Å². The van der Waals surface area contributed by atoms with Crippen molar-refractivity contribution in [2.45, 2.75) is 20.8 Å². The fourth-order valence-electron chi connectivity index (χ4n) is 3.04. The molecule has 1 aromatic carbocycles. The molecular formula is C20H21N7O4. The number of carbonyl (C=O) groups is 1. The Morgan fingerprint density at radius 2 is 2.06 bits per heavy atom. The van der Waals surface area contributed by atoms with Gasteiger partial charge in [0.25, 0.3) is 0 Å². The summed E-state index contributed by atoms with van der Waals surface area (Å²) in [7, 11) is 0. The van der Waals surface area contributed by atoms with Crippen molar-refractivity contribution in [3.63, 3.8) is 0 Å². The van der Waals surface area contributed by atoms with Crippen LogP contribution in [0.15, 0.2) is 41.6 Å². The van der Waals surface area contributed by atoms with Crippen LogP contribution in [0.25, 0.3) is 5.69 Å². The van der Waals surface area contributed by atoms with Crippen molar-refractivity contribution in [1.29, 1.82) is 0 Å². The van der Waals surface area contributed by atoms with Crippen molar-refractivity contribution in [3.05, 3.63) is 69.2 Å². The number of nitrogens with one attached hydrogen (secondary N) is 1. The number of hydrogen-bond acceptors (Lipinski definition) is 9. The van der Waals surface area contributed by atoms with E-state index in [1.54, 1.807) is 19.1 Å². The van der Waals surface area contributed by atoms with Gasteiger partial charge in [-0.25, -0.2) is 9.78 Å². The van der Waals surface area contributed by atoms with Gasteiger partial charge in [0.05, 0.1) is 23.3 Å². The molecule has 3 N–H and O–H groups in total. The molecule has 160 valence electrons. The Bertz CT molecular complexity index is 1150. The molecule has 0 amide bonds. The maximum Gasteiger partial charge on any atom is 0.338 e. The van der Waals surface area contributed by atoms with E-state index in [0.717, 1.165) is 28.8 Å². The molecule has 0 bridgehead atoms. The predicted octanol–water partition coefficient (Wildman–Crippen LogP) is 3.00. The Morgan fingerprint density at radius 1 is 1.35 bits per heavy atom. The topological polar surface area (TPSA) is 151 Å². The molecule has 0 atom stereocenters. The van der Waals surface area contributed by atoms with Crippen LogP contribution >= 0.6 is 0 Å². The Balaban J connectivity index is 1.83. The first kappa shape index (κ1) is 21.4. The predicted molar refractivity (Wildman–Crippen MR) is 116 cm³/mol. The number of esters is 1. The Labute approximate surface area is 177 Å². The number of aryl methyl sites for hydroxylation is 1. The lowest BCUT2D eigenvalue weighted by atomic mass is 10.2. The fraction of sp³-hybridized carbons (Fsp3) is 0.200. The van der Waals surface area contributed by atoms with Gasteiger partial charge in [0.15, 0.2) is 0 Å². The molecule has 2 aromatic heterocycles. The van der Waals surface area contributed by atoms with Crippen molar-refractivity contribution in [3.8, 4) is 5.69 Å². The number of nitrogens with zero attached hydrogens (tertiary/aromatic N) is 5. The van der Waals surface area contributed by atoms with Gasteiger partial charge < -0.3 is 15.0 Å². The van der Waals surface area contributed by atoms with E-state index in [0.29, 0.717) is 12.2 Å². The lowest BCUT2D eigenvalue weighted by Crippen LogP contribution is -2.05. The van der Waals surface area contributed by atoms with Crippen LogP contribution in [0.5, 0.6) is 0 Å². The van der Waals surface area contributed by atoms with Gasteiger partial charge in [-0.1, -0.05) is 0 Å². The monoisotopic (exact) mass is 423 g/mol. The summed E-state index contributed by atoms with van der Waals surface area (Å²) < 4.78 is 7.01. The third-order valence-electron chi connectivity index (χ3n) is 4.47. The number of anilines is 2. The highest BCUT2D eigenvalue weighted by atomic mass is 16.6. The first-order valence-corrected chi connectivity index (χ1v) is 9.34. The minimum absolute atomic E-state index is 0.0999. The number of hydrazone groups is 1. The minimum atomic E-state index is -0.622. The number of nitrogen functional groups attached to an aromatic ring is 1. The van der Waals surface area contributed by atoms with Crippen LogP contribution in [0.1, 0.15) is 34.2 Å². The van der Waals surface area contributed by atoms with Crippen molar-refractivity contribution < 1.29 is 14.5 Å². The third-order valence-corrected chi connectivity index (χ3v) is 4.47. The second-order valence-corrected chi connectivity index (χ2v) is 6.52. The molecule has 0 saturated heterocycles. The number of aromatic nitrogens is 3. The van der Waals surface area contributed by atoms with Crippen molar-refractivity contribution in [2.24, 2.45) is 5.10 Å². The van der Waals surface area contributed by atoms with Crippen LogP contribution in [-0.4, -0.2) is 38.2 Å². The largest absolute Gasteiger partial charge is 0.462 e. The van der Waals surface area contributed by atoms with E-state index in [1.165, 1.54) is 6.21 Å². The zero-order valence-corrected chi connectivity index (χ0v) is 17.2. The number of nitrogens with two attached hydrogens (primary N) is 1. The Kier molecular flexibility index (Phi) is 6.24. The summed E-state index contributed by atoms with van der Waals surface area (Å²) in [5, 5.41) is 15.2. The maximum atomic E-state index is 11.8. The van der Waals surface area contributed by atoms with Gasteiger partial charge in [-0.15, -0.1) is 0 Å². The van der Waals surface area contributed by atoms with Gasteiger partial charge in [0.1, 0.15) is 6.20 Å². The number of rotatable bonds is 7. The zero-order chi connectivity index (χ0) is 22.5. The number of carbonyl (C=O) groups excluding carboxylic acids is 1. The molecule has 0 aliphatic heterocycles. The van der Waals surface area contributed by atoms with E-state index in [2.05, 4.69) is 20.5 Å². The molecule has 2 heterocycles.